The number of carbonyl (C=O) groups is 1. The molecule has 0 radical (unpaired) electrons. The molecule has 1 aliphatic rings. The molecule has 1 aromatic rings. The molecule has 2 rings (SSSR count). The lowest BCUT2D eigenvalue weighted by atomic mass is 9.91. The molecule has 0 bridgehead atoms. The second-order valence-electron chi connectivity index (χ2n) is 5.97. The summed E-state index contributed by atoms with van der Waals surface area (Å²) in [5.74, 6) is 0.00895. The van der Waals surface area contributed by atoms with Crippen molar-refractivity contribution in [1.82, 2.24) is 20.4 Å². The number of hydrogen-bond acceptors (Lipinski definition) is 3. The molecular formula is C16H28N4O. The van der Waals surface area contributed by atoms with E-state index in [2.05, 4.69) is 29.6 Å². The van der Waals surface area contributed by atoms with E-state index in [0.29, 0.717) is 17.8 Å². The van der Waals surface area contributed by atoms with Crippen molar-refractivity contribution >= 4 is 5.91 Å². The highest BCUT2D eigenvalue weighted by atomic mass is 16.2. The van der Waals surface area contributed by atoms with Crippen LogP contribution in [0, 0.1) is 0 Å². The van der Waals surface area contributed by atoms with Gasteiger partial charge in [-0.15, -0.1) is 0 Å². The lowest BCUT2D eigenvalue weighted by molar-refractivity contribution is 0.0914. The van der Waals surface area contributed by atoms with Gasteiger partial charge in [-0.2, -0.15) is 5.10 Å². The molecule has 1 saturated carbocycles. The fourth-order valence-electron chi connectivity index (χ4n) is 2.96. The van der Waals surface area contributed by atoms with Gasteiger partial charge < -0.3 is 10.6 Å². The average Bonchev–Trinajstić information content (AvgIpc) is 2.88. The Morgan fingerprint density at radius 2 is 1.95 bits per heavy atom. The van der Waals surface area contributed by atoms with E-state index in [9.17, 15) is 4.79 Å². The molecule has 0 atom stereocenters. The topological polar surface area (TPSA) is 58.9 Å². The van der Waals surface area contributed by atoms with E-state index in [4.69, 9.17) is 0 Å². The van der Waals surface area contributed by atoms with Crippen LogP contribution < -0.4 is 10.6 Å². The first-order valence-corrected chi connectivity index (χ1v) is 8.21. The molecule has 0 aromatic carbocycles. The Kier molecular flexibility index (Phi) is 5.79. The van der Waals surface area contributed by atoms with Gasteiger partial charge in [-0.3, -0.25) is 9.48 Å². The Morgan fingerprint density at radius 3 is 2.52 bits per heavy atom. The normalized spacial score (nSPS) is 22.2. The van der Waals surface area contributed by atoms with Crippen molar-refractivity contribution in [2.45, 2.75) is 64.5 Å². The number of amides is 1. The Morgan fingerprint density at radius 1 is 1.29 bits per heavy atom. The number of rotatable bonds is 6. The summed E-state index contributed by atoms with van der Waals surface area (Å²) in [6.45, 7) is 5.34. The SMILES string of the molecule is CCCNC1CCC(NC(=O)c2cc(CC)nn2C)CC1. The molecule has 21 heavy (non-hydrogen) atoms. The van der Waals surface area contributed by atoms with Crippen molar-refractivity contribution in [3.8, 4) is 0 Å². The first-order chi connectivity index (χ1) is 10.1. The van der Waals surface area contributed by atoms with Crippen molar-refractivity contribution in [3.05, 3.63) is 17.5 Å². The molecule has 0 aliphatic heterocycles. The van der Waals surface area contributed by atoms with E-state index in [1.165, 1.54) is 6.42 Å². The maximum Gasteiger partial charge on any atom is 0.269 e. The molecule has 1 aromatic heterocycles. The van der Waals surface area contributed by atoms with Crippen LogP contribution in [0.25, 0.3) is 0 Å². The van der Waals surface area contributed by atoms with Gasteiger partial charge in [0, 0.05) is 19.1 Å². The van der Waals surface area contributed by atoms with Gasteiger partial charge >= 0.3 is 0 Å². The monoisotopic (exact) mass is 292 g/mol. The highest BCUT2D eigenvalue weighted by Crippen LogP contribution is 2.19. The molecular weight excluding hydrogens is 264 g/mol. The minimum atomic E-state index is 0.00895. The predicted molar refractivity (Wildman–Crippen MR) is 84.4 cm³/mol. The van der Waals surface area contributed by atoms with Crippen LogP contribution in [0.5, 0.6) is 0 Å². The summed E-state index contributed by atoms with van der Waals surface area (Å²) in [6, 6.07) is 2.82. The number of hydrogen-bond donors (Lipinski definition) is 2. The van der Waals surface area contributed by atoms with E-state index in [1.54, 1.807) is 4.68 Å². The first kappa shape index (κ1) is 16.0. The quantitative estimate of drug-likeness (QED) is 0.843. The van der Waals surface area contributed by atoms with Gasteiger partial charge in [-0.25, -0.2) is 0 Å². The van der Waals surface area contributed by atoms with E-state index in [-0.39, 0.29) is 5.91 Å². The van der Waals surface area contributed by atoms with Gasteiger partial charge in [0.15, 0.2) is 0 Å². The van der Waals surface area contributed by atoms with Crippen LogP contribution in [0.1, 0.15) is 62.1 Å². The van der Waals surface area contributed by atoms with Crippen LogP contribution in [0.4, 0.5) is 0 Å². The van der Waals surface area contributed by atoms with Gasteiger partial charge in [0.25, 0.3) is 5.91 Å². The van der Waals surface area contributed by atoms with Crippen LogP contribution >= 0.6 is 0 Å². The van der Waals surface area contributed by atoms with E-state index in [0.717, 1.165) is 44.3 Å². The molecule has 5 heteroatoms. The lowest BCUT2D eigenvalue weighted by Crippen LogP contribution is -2.42. The lowest BCUT2D eigenvalue weighted by Gasteiger charge is -2.29. The third-order valence-electron chi connectivity index (χ3n) is 4.27. The van der Waals surface area contributed by atoms with Crippen molar-refractivity contribution in [2.75, 3.05) is 6.54 Å². The van der Waals surface area contributed by atoms with Crippen LogP contribution in [-0.2, 0) is 13.5 Å². The minimum Gasteiger partial charge on any atom is -0.348 e. The zero-order valence-corrected chi connectivity index (χ0v) is 13.5. The summed E-state index contributed by atoms with van der Waals surface area (Å²) in [4.78, 5) is 12.3. The minimum absolute atomic E-state index is 0.00895. The summed E-state index contributed by atoms with van der Waals surface area (Å²) < 4.78 is 1.68. The maximum atomic E-state index is 12.3. The Labute approximate surface area is 127 Å². The Bertz CT molecular complexity index is 461. The molecule has 2 N–H and O–H groups in total. The van der Waals surface area contributed by atoms with Crippen LogP contribution in [-0.4, -0.2) is 34.3 Å². The van der Waals surface area contributed by atoms with Gasteiger partial charge in [0.05, 0.1) is 5.69 Å². The number of aromatic nitrogens is 2. The van der Waals surface area contributed by atoms with Gasteiger partial charge in [0.2, 0.25) is 0 Å². The van der Waals surface area contributed by atoms with Crippen molar-refractivity contribution in [1.29, 1.82) is 0 Å². The van der Waals surface area contributed by atoms with E-state index < -0.39 is 0 Å². The van der Waals surface area contributed by atoms with Crippen LogP contribution in [0.15, 0.2) is 6.07 Å². The highest BCUT2D eigenvalue weighted by molar-refractivity contribution is 5.92. The number of carbonyl (C=O) groups excluding carboxylic acids is 1. The van der Waals surface area contributed by atoms with Gasteiger partial charge in [-0.05, 0) is 51.1 Å². The molecule has 5 nitrogen and oxygen atoms in total. The average molecular weight is 292 g/mol. The third kappa shape index (κ3) is 4.30. The molecule has 0 saturated heterocycles. The van der Waals surface area contributed by atoms with Crippen LogP contribution in [0.3, 0.4) is 0 Å². The largest absolute Gasteiger partial charge is 0.348 e. The molecule has 1 fully saturated rings. The maximum absolute atomic E-state index is 12.3. The number of nitrogens with one attached hydrogen (secondary N) is 2. The Balaban J connectivity index is 1.82. The zero-order valence-electron chi connectivity index (χ0n) is 13.5. The summed E-state index contributed by atoms with van der Waals surface area (Å²) >= 11 is 0. The zero-order chi connectivity index (χ0) is 15.2. The number of nitrogens with zero attached hydrogens (tertiary/aromatic N) is 2. The first-order valence-electron chi connectivity index (χ1n) is 8.21. The summed E-state index contributed by atoms with van der Waals surface area (Å²) in [5, 5.41) is 11.1. The molecule has 1 aliphatic carbocycles. The standard InChI is InChI=1S/C16H28N4O/c1-4-10-17-13-6-8-14(9-7-13)18-16(21)15-11-12(5-2)19-20(15)3/h11,13-14,17H,4-10H2,1-3H3,(H,18,21). The fourth-order valence-corrected chi connectivity index (χ4v) is 2.96. The fraction of sp³-hybridized carbons (Fsp3) is 0.750. The molecule has 1 amide bonds. The number of aryl methyl sites for hydroxylation is 2. The second kappa shape index (κ2) is 7.59. The molecule has 1 heterocycles. The summed E-state index contributed by atoms with van der Waals surface area (Å²) in [7, 11) is 1.83. The highest BCUT2D eigenvalue weighted by Gasteiger charge is 2.23. The summed E-state index contributed by atoms with van der Waals surface area (Å²) in [5.41, 5.74) is 1.63. The van der Waals surface area contributed by atoms with Crippen molar-refractivity contribution in [3.63, 3.8) is 0 Å². The predicted octanol–water partition coefficient (Wildman–Crippen LogP) is 2.02. The third-order valence-corrected chi connectivity index (χ3v) is 4.27. The Hall–Kier alpha value is -1.36. The van der Waals surface area contributed by atoms with E-state index >= 15 is 0 Å². The van der Waals surface area contributed by atoms with Crippen molar-refractivity contribution in [2.24, 2.45) is 7.05 Å². The second-order valence-corrected chi connectivity index (χ2v) is 5.97. The van der Waals surface area contributed by atoms with Gasteiger partial charge in [0.1, 0.15) is 5.69 Å². The smallest absolute Gasteiger partial charge is 0.269 e. The molecule has 0 spiro atoms. The van der Waals surface area contributed by atoms with Gasteiger partial charge in [-0.1, -0.05) is 13.8 Å². The van der Waals surface area contributed by atoms with Crippen molar-refractivity contribution < 1.29 is 4.79 Å². The molecule has 118 valence electrons. The molecule has 0 unspecified atom stereocenters. The van der Waals surface area contributed by atoms with E-state index in [1.807, 2.05) is 13.1 Å². The summed E-state index contributed by atoms with van der Waals surface area (Å²) in [6.07, 6.45) is 6.45. The van der Waals surface area contributed by atoms with Crippen LogP contribution in [0.2, 0.25) is 0 Å².